The van der Waals surface area contributed by atoms with Crippen molar-refractivity contribution in [1.29, 1.82) is 10.5 Å². The maximum atomic E-state index is 12.7. The highest BCUT2D eigenvalue weighted by molar-refractivity contribution is 5.91. The van der Waals surface area contributed by atoms with Crippen LogP contribution in [0, 0.1) is 28.6 Å². The highest BCUT2D eigenvalue weighted by atomic mass is 16.5. The van der Waals surface area contributed by atoms with Gasteiger partial charge in [0, 0.05) is 0 Å². The molecule has 0 aliphatic heterocycles. The zero-order valence-electron chi connectivity index (χ0n) is 18.9. The number of esters is 1. The van der Waals surface area contributed by atoms with Crippen LogP contribution in [0.5, 0.6) is 11.5 Å². The summed E-state index contributed by atoms with van der Waals surface area (Å²) in [7, 11) is 0. The zero-order chi connectivity index (χ0) is 22.9. The Balaban J connectivity index is 1.67. The van der Waals surface area contributed by atoms with Crippen molar-refractivity contribution in [1.82, 2.24) is 0 Å². The predicted molar refractivity (Wildman–Crippen MR) is 123 cm³/mol. The number of ether oxygens (including phenoxy) is 2. The number of carbonyl (C=O) groups is 1. The second kappa shape index (κ2) is 11.3. The number of hydrogen-bond acceptors (Lipinski definition) is 5. The molecule has 1 aliphatic carbocycles. The first-order valence-corrected chi connectivity index (χ1v) is 11.5. The normalized spacial score (nSPS) is 17.8. The Labute approximate surface area is 190 Å². The first kappa shape index (κ1) is 23.4. The molecule has 1 fully saturated rings. The molecule has 0 N–H and O–H groups in total. The SMILES string of the molecule is CCCC[C@H]1CC[C@H](c2ccc(C(=O)Oc3ccc(OCC)c(C#N)c3C#N)cc2)CC1. The number of unbranched alkanes of at least 4 members (excludes halogenated alkanes) is 1. The van der Waals surface area contributed by atoms with E-state index in [1.54, 1.807) is 25.1 Å². The van der Waals surface area contributed by atoms with E-state index in [1.165, 1.54) is 56.6 Å². The van der Waals surface area contributed by atoms with Crippen molar-refractivity contribution in [2.75, 3.05) is 6.61 Å². The summed E-state index contributed by atoms with van der Waals surface area (Å²) in [4.78, 5) is 12.7. The van der Waals surface area contributed by atoms with E-state index >= 15 is 0 Å². The van der Waals surface area contributed by atoms with Gasteiger partial charge in [-0.15, -0.1) is 0 Å². The minimum Gasteiger partial charge on any atom is -0.492 e. The first-order chi connectivity index (χ1) is 15.6. The summed E-state index contributed by atoms with van der Waals surface area (Å²) in [5, 5.41) is 18.9. The van der Waals surface area contributed by atoms with Gasteiger partial charge in [0.2, 0.25) is 0 Å². The van der Waals surface area contributed by atoms with Gasteiger partial charge >= 0.3 is 5.97 Å². The van der Waals surface area contributed by atoms with Crippen molar-refractivity contribution in [2.24, 2.45) is 5.92 Å². The van der Waals surface area contributed by atoms with Crippen molar-refractivity contribution >= 4 is 5.97 Å². The molecular weight excluding hydrogens is 400 g/mol. The third-order valence-corrected chi connectivity index (χ3v) is 6.29. The molecule has 0 spiro atoms. The highest BCUT2D eigenvalue weighted by Crippen LogP contribution is 2.38. The molecule has 0 aromatic heterocycles. The van der Waals surface area contributed by atoms with Gasteiger partial charge in [-0.05, 0) is 74.3 Å². The van der Waals surface area contributed by atoms with E-state index in [4.69, 9.17) is 9.47 Å². The van der Waals surface area contributed by atoms with Crippen LogP contribution in [0.2, 0.25) is 0 Å². The van der Waals surface area contributed by atoms with Crippen molar-refractivity contribution < 1.29 is 14.3 Å². The Kier molecular flexibility index (Phi) is 8.28. The van der Waals surface area contributed by atoms with Gasteiger partial charge in [0.05, 0.1) is 12.2 Å². The van der Waals surface area contributed by atoms with Gasteiger partial charge in [0.15, 0.2) is 5.75 Å². The minimum atomic E-state index is -0.552. The van der Waals surface area contributed by atoms with Gasteiger partial charge in [0.1, 0.15) is 29.0 Å². The van der Waals surface area contributed by atoms with Crippen LogP contribution >= 0.6 is 0 Å². The molecule has 0 heterocycles. The van der Waals surface area contributed by atoms with Crippen molar-refractivity contribution in [3.63, 3.8) is 0 Å². The van der Waals surface area contributed by atoms with Crippen LogP contribution < -0.4 is 9.47 Å². The Hall–Kier alpha value is -3.31. The van der Waals surface area contributed by atoms with Crippen LogP contribution in [0.1, 0.15) is 91.8 Å². The standard InChI is InChI=1S/C27H30N2O3/c1-3-5-6-19-7-9-20(10-8-19)21-11-13-22(14-12-21)27(30)32-26-16-15-25(31-4-2)23(17-28)24(26)18-29/h11-16,19-20H,3-10H2,1-2H3/t19-,20-. The summed E-state index contributed by atoms with van der Waals surface area (Å²) >= 11 is 0. The average Bonchev–Trinajstić information content (AvgIpc) is 2.83. The zero-order valence-corrected chi connectivity index (χ0v) is 18.9. The summed E-state index contributed by atoms with van der Waals surface area (Å²) in [5.74, 6) is 1.23. The molecule has 0 atom stereocenters. The molecule has 1 saturated carbocycles. The molecule has 0 radical (unpaired) electrons. The van der Waals surface area contributed by atoms with E-state index in [2.05, 4.69) is 6.92 Å². The molecule has 2 aromatic carbocycles. The Morgan fingerprint density at radius 3 is 2.16 bits per heavy atom. The summed E-state index contributed by atoms with van der Waals surface area (Å²) in [5.41, 5.74) is 1.76. The number of benzene rings is 2. The second-order valence-electron chi connectivity index (χ2n) is 8.34. The third-order valence-electron chi connectivity index (χ3n) is 6.29. The number of rotatable bonds is 8. The van der Waals surface area contributed by atoms with E-state index < -0.39 is 5.97 Å². The average molecular weight is 431 g/mol. The molecule has 5 heteroatoms. The highest BCUT2D eigenvalue weighted by Gasteiger charge is 2.23. The third kappa shape index (κ3) is 5.48. The second-order valence-corrected chi connectivity index (χ2v) is 8.34. The predicted octanol–water partition coefficient (Wildman–Crippen LogP) is 6.51. The van der Waals surface area contributed by atoms with Gasteiger partial charge in [-0.1, -0.05) is 38.3 Å². The van der Waals surface area contributed by atoms with Crippen LogP contribution in [-0.2, 0) is 0 Å². The van der Waals surface area contributed by atoms with Crippen LogP contribution in [0.15, 0.2) is 36.4 Å². The lowest BCUT2D eigenvalue weighted by Crippen LogP contribution is -2.14. The fourth-order valence-electron chi connectivity index (χ4n) is 4.47. The maximum absolute atomic E-state index is 12.7. The largest absolute Gasteiger partial charge is 0.492 e. The molecule has 166 valence electrons. The molecule has 3 rings (SSSR count). The van der Waals surface area contributed by atoms with E-state index in [0.717, 1.165) is 5.92 Å². The van der Waals surface area contributed by atoms with Gasteiger partial charge < -0.3 is 9.47 Å². The van der Waals surface area contributed by atoms with Crippen molar-refractivity contribution in [3.8, 4) is 23.6 Å². The quantitative estimate of drug-likeness (QED) is 0.352. The number of nitriles is 2. The number of nitrogens with zero attached hydrogens (tertiary/aromatic N) is 2. The van der Waals surface area contributed by atoms with Gasteiger partial charge in [-0.3, -0.25) is 0 Å². The molecular formula is C27H30N2O3. The van der Waals surface area contributed by atoms with Crippen molar-refractivity contribution in [2.45, 2.75) is 64.7 Å². The fraction of sp³-hybridized carbons (Fsp3) is 0.444. The first-order valence-electron chi connectivity index (χ1n) is 11.5. The Bertz CT molecular complexity index is 1010. The van der Waals surface area contributed by atoms with Crippen LogP contribution in [0.25, 0.3) is 0 Å². The summed E-state index contributed by atoms with van der Waals surface area (Å²) in [6.45, 7) is 4.41. The van der Waals surface area contributed by atoms with E-state index in [9.17, 15) is 15.3 Å². The molecule has 1 aliphatic rings. The molecule has 0 amide bonds. The van der Waals surface area contributed by atoms with Gasteiger partial charge in [-0.2, -0.15) is 10.5 Å². The van der Waals surface area contributed by atoms with Crippen molar-refractivity contribution in [3.05, 3.63) is 58.7 Å². The Morgan fingerprint density at radius 1 is 0.938 bits per heavy atom. The summed E-state index contributed by atoms with van der Waals surface area (Å²) in [6, 6.07) is 14.6. The van der Waals surface area contributed by atoms with Crippen LogP contribution in [0.4, 0.5) is 0 Å². The fourth-order valence-corrected chi connectivity index (χ4v) is 4.47. The molecule has 0 saturated heterocycles. The number of carbonyl (C=O) groups excluding carboxylic acids is 1. The summed E-state index contributed by atoms with van der Waals surface area (Å²) in [6.07, 6.45) is 8.90. The van der Waals surface area contributed by atoms with Crippen LogP contribution in [-0.4, -0.2) is 12.6 Å². The number of hydrogen-bond donors (Lipinski definition) is 0. The molecule has 0 bridgehead atoms. The summed E-state index contributed by atoms with van der Waals surface area (Å²) < 4.78 is 10.9. The van der Waals surface area contributed by atoms with Gasteiger partial charge in [0.25, 0.3) is 0 Å². The molecule has 32 heavy (non-hydrogen) atoms. The van der Waals surface area contributed by atoms with Crippen LogP contribution in [0.3, 0.4) is 0 Å². The molecule has 0 unspecified atom stereocenters. The minimum absolute atomic E-state index is 0.00301. The van der Waals surface area contributed by atoms with E-state index in [0.29, 0.717) is 23.8 Å². The molecule has 2 aromatic rings. The smallest absolute Gasteiger partial charge is 0.343 e. The topological polar surface area (TPSA) is 83.1 Å². The van der Waals surface area contributed by atoms with Gasteiger partial charge in [-0.25, -0.2) is 4.79 Å². The Morgan fingerprint density at radius 2 is 1.56 bits per heavy atom. The molecule has 5 nitrogen and oxygen atoms in total. The lowest BCUT2D eigenvalue weighted by Gasteiger charge is -2.28. The van der Waals surface area contributed by atoms with E-state index in [1.807, 2.05) is 24.3 Å². The maximum Gasteiger partial charge on any atom is 0.343 e. The lowest BCUT2D eigenvalue weighted by atomic mass is 9.77. The van der Waals surface area contributed by atoms with E-state index in [-0.39, 0.29) is 16.9 Å². The lowest BCUT2D eigenvalue weighted by molar-refractivity contribution is 0.0734. The monoisotopic (exact) mass is 430 g/mol.